The van der Waals surface area contributed by atoms with Crippen LogP contribution >= 0.6 is 0 Å². The van der Waals surface area contributed by atoms with E-state index in [9.17, 15) is 9.59 Å². The quantitative estimate of drug-likeness (QED) is 0.520. The van der Waals surface area contributed by atoms with E-state index < -0.39 is 0 Å². The van der Waals surface area contributed by atoms with Gasteiger partial charge in [0.25, 0.3) is 0 Å². The van der Waals surface area contributed by atoms with Gasteiger partial charge >= 0.3 is 5.97 Å². The SMILES string of the molecule is C[C@]12CC[C@H]3[C@@H](C=CC4=CC(=O)CC[C@@]43C)[C@@H]1CC[C@@H]2OC(=O)CCC1CCCC1. The molecule has 0 aromatic heterocycles. The van der Waals surface area contributed by atoms with Crippen molar-refractivity contribution in [3.05, 3.63) is 23.8 Å². The summed E-state index contributed by atoms with van der Waals surface area (Å²) in [5, 5.41) is 0. The molecule has 0 amide bonds. The fourth-order valence-corrected chi connectivity index (χ4v) is 7.98. The number of carbonyl (C=O) groups is 2. The molecule has 3 fully saturated rings. The molecule has 3 nitrogen and oxygen atoms in total. The van der Waals surface area contributed by atoms with Crippen LogP contribution in [0, 0.1) is 34.5 Å². The van der Waals surface area contributed by atoms with Gasteiger partial charge in [-0.05, 0) is 79.3 Å². The number of fused-ring (bicyclic) bond motifs is 5. The average molecular weight is 411 g/mol. The van der Waals surface area contributed by atoms with Crippen molar-refractivity contribution < 1.29 is 14.3 Å². The summed E-state index contributed by atoms with van der Waals surface area (Å²) in [6.07, 6.45) is 19.7. The maximum atomic E-state index is 12.6. The van der Waals surface area contributed by atoms with Crippen LogP contribution < -0.4 is 0 Å². The van der Waals surface area contributed by atoms with E-state index in [0.717, 1.165) is 38.0 Å². The van der Waals surface area contributed by atoms with Gasteiger partial charge < -0.3 is 4.74 Å². The highest BCUT2D eigenvalue weighted by Crippen LogP contribution is 2.64. The van der Waals surface area contributed by atoms with Crippen LogP contribution in [0.15, 0.2) is 23.8 Å². The van der Waals surface area contributed by atoms with E-state index in [0.29, 0.717) is 30.6 Å². The summed E-state index contributed by atoms with van der Waals surface area (Å²) in [7, 11) is 0. The lowest BCUT2D eigenvalue weighted by atomic mass is 9.49. The van der Waals surface area contributed by atoms with Gasteiger partial charge in [-0.2, -0.15) is 0 Å². The topological polar surface area (TPSA) is 43.4 Å². The fourth-order valence-electron chi connectivity index (χ4n) is 7.98. The van der Waals surface area contributed by atoms with Crippen LogP contribution in [0.5, 0.6) is 0 Å². The molecule has 6 atom stereocenters. The van der Waals surface area contributed by atoms with E-state index in [1.165, 1.54) is 37.7 Å². The van der Waals surface area contributed by atoms with Crippen LogP contribution in [-0.2, 0) is 14.3 Å². The minimum Gasteiger partial charge on any atom is -0.462 e. The summed E-state index contributed by atoms with van der Waals surface area (Å²) in [5.41, 5.74) is 1.51. The van der Waals surface area contributed by atoms with Crippen molar-refractivity contribution in [1.82, 2.24) is 0 Å². The van der Waals surface area contributed by atoms with Gasteiger partial charge in [0.05, 0.1) is 0 Å². The van der Waals surface area contributed by atoms with Gasteiger partial charge in [0, 0.05) is 18.3 Å². The third-order valence-corrected chi connectivity index (χ3v) is 9.93. The molecule has 0 radical (unpaired) electrons. The van der Waals surface area contributed by atoms with Gasteiger partial charge in [0.2, 0.25) is 0 Å². The molecule has 3 heteroatoms. The lowest BCUT2D eigenvalue weighted by Gasteiger charge is -2.55. The molecule has 164 valence electrons. The number of hydrogen-bond acceptors (Lipinski definition) is 3. The molecule has 0 unspecified atom stereocenters. The number of carbonyl (C=O) groups excluding carboxylic acids is 2. The van der Waals surface area contributed by atoms with Gasteiger partial charge in [0.1, 0.15) is 6.10 Å². The number of ether oxygens (including phenoxy) is 1. The Hall–Kier alpha value is -1.38. The summed E-state index contributed by atoms with van der Waals surface area (Å²) in [6.45, 7) is 4.78. The Labute approximate surface area is 181 Å². The largest absolute Gasteiger partial charge is 0.462 e. The molecule has 5 aliphatic carbocycles. The second-order valence-corrected chi connectivity index (χ2v) is 11.4. The standard InChI is InChI=1S/C27H38O3/c1-26-15-13-20(28)17-19(26)8-9-21-22-10-11-24(27(22,2)16-14-23(21)26)30-25(29)12-7-18-5-3-4-6-18/h8-9,17-18,21-24H,3-7,10-16H2,1-2H3/t21-,22-,23-,24-,26-,27-/m0/s1. The molecule has 0 bridgehead atoms. The van der Waals surface area contributed by atoms with E-state index in [4.69, 9.17) is 4.74 Å². The third kappa shape index (κ3) is 3.31. The second kappa shape index (κ2) is 7.64. The van der Waals surface area contributed by atoms with E-state index in [2.05, 4.69) is 26.0 Å². The Morgan fingerprint density at radius 3 is 2.67 bits per heavy atom. The van der Waals surface area contributed by atoms with Crippen LogP contribution in [0.4, 0.5) is 0 Å². The van der Waals surface area contributed by atoms with Crippen LogP contribution in [0.25, 0.3) is 0 Å². The van der Waals surface area contributed by atoms with E-state index >= 15 is 0 Å². The zero-order valence-electron chi connectivity index (χ0n) is 18.8. The third-order valence-electron chi connectivity index (χ3n) is 9.93. The highest BCUT2D eigenvalue weighted by Gasteiger charge is 2.59. The van der Waals surface area contributed by atoms with E-state index in [1.54, 1.807) is 0 Å². The Kier molecular flexibility index (Phi) is 5.22. The summed E-state index contributed by atoms with van der Waals surface area (Å²) in [6, 6.07) is 0. The average Bonchev–Trinajstić information content (AvgIpc) is 3.35. The summed E-state index contributed by atoms with van der Waals surface area (Å²) in [4.78, 5) is 24.6. The predicted molar refractivity (Wildman–Crippen MR) is 118 cm³/mol. The van der Waals surface area contributed by atoms with Crippen LogP contribution in [0.1, 0.15) is 90.9 Å². The van der Waals surface area contributed by atoms with Gasteiger partial charge in [-0.25, -0.2) is 0 Å². The maximum Gasteiger partial charge on any atom is 0.306 e. The van der Waals surface area contributed by atoms with Crippen molar-refractivity contribution in [1.29, 1.82) is 0 Å². The van der Waals surface area contributed by atoms with Crippen molar-refractivity contribution in [2.75, 3.05) is 0 Å². The van der Waals surface area contributed by atoms with Crippen molar-refractivity contribution in [2.24, 2.45) is 34.5 Å². The minimum atomic E-state index is 0.0399. The van der Waals surface area contributed by atoms with E-state index in [1.807, 2.05) is 6.08 Å². The number of esters is 1. The molecule has 0 heterocycles. The smallest absolute Gasteiger partial charge is 0.306 e. The monoisotopic (exact) mass is 410 g/mol. The maximum absolute atomic E-state index is 12.6. The predicted octanol–water partition coefficient (Wildman–Crippen LogP) is 6.18. The fraction of sp³-hybridized carbons (Fsp3) is 0.778. The highest BCUT2D eigenvalue weighted by molar-refractivity contribution is 5.92. The first-order chi connectivity index (χ1) is 14.4. The van der Waals surface area contributed by atoms with Gasteiger partial charge in [-0.15, -0.1) is 0 Å². The Morgan fingerprint density at radius 1 is 1.07 bits per heavy atom. The van der Waals surface area contributed by atoms with Gasteiger partial charge in [-0.1, -0.05) is 51.7 Å². The zero-order chi connectivity index (χ0) is 20.9. The number of hydrogen-bond donors (Lipinski definition) is 0. The zero-order valence-corrected chi connectivity index (χ0v) is 18.8. The van der Waals surface area contributed by atoms with Gasteiger partial charge in [-0.3, -0.25) is 9.59 Å². The lowest BCUT2D eigenvalue weighted by Crippen LogP contribution is -2.50. The van der Waals surface area contributed by atoms with Crippen LogP contribution in [0.3, 0.4) is 0 Å². The highest BCUT2D eigenvalue weighted by atomic mass is 16.5. The first-order valence-electron chi connectivity index (χ1n) is 12.5. The molecule has 0 saturated heterocycles. The molecule has 3 saturated carbocycles. The Morgan fingerprint density at radius 2 is 1.87 bits per heavy atom. The van der Waals surface area contributed by atoms with Gasteiger partial charge in [0.15, 0.2) is 5.78 Å². The first-order valence-corrected chi connectivity index (χ1v) is 12.5. The Balaban J connectivity index is 1.28. The van der Waals surface area contributed by atoms with E-state index in [-0.39, 0.29) is 28.7 Å². The molecule has 30 heavy (non-hydrogen) atoms. The van der Waals surface area contributed by atoms with Crippen molar-refractivity contribution >= 4 is 11.8 Å². The molecular formula is C27H38O3. The summed E-state index contributed by atoms with van der Waals surface area (Å²) < 4.78 is 6.15. The molecule has 0 aromatic carbocycles. The molecule has 0 N–H and O–H groups in total. The van der Waals surface area contributed by atoms with Crippen molar-refractivity contribution in [3.8, 4) is 0 Å². The molecule has 0 aliphatic heterocycles. The molecular weight excluding hydrogens is 372 g/mol. The Bertz CT molecular complexity index is 773. The van der Waals surface area contributed by atoms with Crippen LogP contribution in [0.2, 0.25) is 0 Å². The summed E-state index contributed by atoms with van der Waals surface area (Å²) in [5.74, 6) is 2.85. The van der Waals surface area contributed by atoms with Crippen LogP contribution in [-0.4, -0.2) is 17.9 Å². The molecule has 0 aromatic rings. The minimum absolute atomic E-state index is 0.0399. The second-order valence-electron chi connectivity index (χ2n) is 11.4. The molecule has 0 spiro atoms. The number of ketones is 1. The normalized spacial score (nSPS) is 43.0. The number of allylic oxidation sites excluding steroid dienone is 4. The number of rotatable bonds is 4. The van der Waals surface area contributed by atoms with Crippen molar-refractivity contribution in [3.63, 3.8) is 0 Å². The molecule has 5 rings (SSSR count). The first kappa shape index (κ1) is 20.5. The molecule has 5 aliphatic rings. The lowest BCUT2D eigenvalue weighted by molar-refractivity contribution is -0.158. The van der Waals surface area contributed by atoms with Crippen molar-refractivity contribution in [2.45, 2.75) is 97.0 Å². The summed E-state index contributed by atoms with van der Waals surface area (Å²) >= 11 is 0.